The van der Waals surface area contributed by atoms with Crippen LogP contribution in [0.1, 0.15) is 37.2 Å². The second-order valence-corrected chi connectivity index (χ2v) is 8.13. The van der Waals surface area contributed by atoms with Gasteiger partial charge in [-0.2, -0.15) is 0 Å². The lowest BCUT2D eigenvalue weighted by Crippen LogP contribution is -2.55. The van der Waals surface area contributed by atoms with E-state index in [0.717, 1.165) is 18.4 Å². The van der Waals surface area contributed by atoms with Crippen LogP contribution in [0.15, 0.2) is 36.4 Å². The number of hydrogen-bond donors (Lipinski definition) is 1. The number of benzene rings is 1. The van der Waals surface area contributed by atoms with Crippen molar-refractivity contribution >= 4 is 29.5 Å². The number of nitrogens with one attached hydrogen (secondary N) is 1. The number of hydrogen-bond acceptors (Lipinski definition) is 6. The van der Waals surface area contributed by atoms with Crippen LogP contribution in [0.25, 0.3) is 11.4 Å². The van der Waals surface area contributed by atoms with E-state index in [1.54, 1.807) is 16.7 Å². The van der Waals surface area contributed by atoms with Gasteiger partial charge in [0.25, 0.3) is 5.91 Å². The summed E-state index contributed by atoms with van der Waals surface area (Å²) in [5, 5.41) is 2.82. The Kier molecular flexibility index (Phi) is 8.59. The number of ether oxygens (including phenoxy) is 1. The molecule has 3 rings (SSSR count). The van der Waals surface area contributed by atoms with Gasteiger partial charge >= 0.3 is 6.09 Å². The zero-order chi connectivity index (χ0) is 23.8. The molecule has 1 aromatic carbocycles. The van der Waals surface area contributed by atoms with E-state index < -0.39 is 11.9 Å². The van der Waals surface area contributed by atoms with Gasteiger partial charge in [-0.1, -0.05) is 55.3 Å². The predicted molar refractivity (Wildman–Crippen MR) is 124 cm³/mol. The monoisotopic (exact) mass is 473 g/mol. The molecule has 0 spiro atoms. The van der Waals surface area contributed by atoms with Crippen molar-refractivity contribution < 1.29 is 19.1 Å². The van der Waals surface area contributed by atoms with E-state index in [0.29, 0.717) is 38.6 Å². The third-order valence-corrected chi connectivity index (χ3v) is 5.44. The Bertz CT molecular complexity index is 980. The summed E-state index contributed by atoms with van der Waals surface area (Å²) in [4.78, 5) is 49.3. The molecule has 1 saturated heterocycles. The van der Waals surface area contributed by atoms with Gasteiger partial charge in [0, 0.05) is 37.8 Å². The summed E-state index contributed by atoms with van der Waals surface area (Å²) in [6.45, 7) is 5.57. The molecule has 2 heterocycles. The lowest BCUT2D eigenvalue weighted by Gasteiger charge is -2.35. The maximum absolute atomic E-state index is 12.8. The van der Waals surface area contributed by atoms with Crippen LogP contribution >= 0.6 is 11.6 Å². The molecule has 176 valence electrons. The first kappa shape index (κ1) is 24.4. The third kappa shape index (κ3) is 6.64. The van der Waals surface area contributed by atoms with Crippen LogP contribution in [-0.4, -0.2) is 76.5 Å². The van der Waals surface area contributed by atoms with Gasteiger partial charge in [0.1, 0.15) is 16.9 Å². The van der Waals surface area contributed by atoms with Crippen molar-refractivity contribution in [2.45, 2.75) is 32.7 Å². The van der Waals surface area contributed by atoms with Crippen LogP contribution < -0.4 is 5.32 Å². The second kappa shape index (κ2) is 11.6. The molecule has 1 N–H and O–H groups in total. The van der Waals surface area contributed by atoms with E-state index in [-0.39, 0.29) is 22.8 Å². The fourth-order valence-corrected chi connectivity index (χ4v) is 3.54. The quantitative estimate of drug-likeness (QED) is 0.489. The Hall–Kier alpha value is -3.20. The highest BCUT2D eigenvalue weighted by Crippen LogP contribution is 2.18. The molecule has 10 heteroatoms. The average Bonchev–Trinajstić information content (AvgIpc) is 2.83. The smallest absolute Gasteiger partial charge is 0.409 e. The molecule has 1 fully saturated rings. The van der Waals surface area contributed by atoms with Crippen molar-refractivity contribution in [1.29, 1.82) is 0 Å². The van der Waals surface area contributed by atoms with Crippen molar-refractivity contribution in [3.05, 3.63) is 47.2 Å². The van der Waals surface area contributed by atoms with E-state index in [1.165, 1.54) is 6.07 Å². The fraction of sp³-hybridized carbons (Fsp3) is 0.435. The number of rotatable bonds is 7. The zero-order valence-corrected chi connectivity index (χ0v) is 19.5. The number of carbonyl (C=O) groups is 3. The van der Waals surface area contributed by atoms with Crippen molar-refractivity contribution in [3.63, 3.8) is 0 Å². The lowest BCUT2D eigenvalue weighted by molar-refractivity contribution is -0.134. The number of carbonyl (C=O) groups excluding carboxylic acids is 3. The zero-order valence-electron chi connectivity index (χ0n) is 18.8. The molecule has 0 saturated carbocycles. The Morgan fingerprint density at radius 2 is 1.76 bits per heavy atom. The van der Waals surface area contributed by atoms with E-state index >= 15 is 0 Å². The minimum Gasteiger partial charge on any atom is -0.449 e. The number of halogens is 1. The van der Waals surface area contributed by atoms with Gasteiger partial charge in [0.15, 0.2) is 5.82 Å². The summed E-state index contributed by atoms with van der Waals surface area (Å²) >= 11 is 6.10. The highest BCUT2D eigenvalue weighted by atomic mass is 35.5. The molecule has 33 heavy (non-hydrogen) atoms. The van der Waals surface area contributed by atoms with Crippen LogP contribution in [0, 0.1) is 0 Å². The number of piperazine rings is 1. The van der Waals surface area contributed by atoms with Crippen LogP contribution in [0.5, 0.6) is 0 Å². The lowest BCUT2D eigenvalue weighted by atomic mass is 10.2. The molecular weight excluding hydrogens is 446 g/mol. The minimum absolute atomic E-state index is 0.0770. The van der Waals surface area contributed by atoms with Crippen molar-refractivity contribution in [3.8, 4) is 11.4 Å². The molecule has 3 amide bonds. The molecule has 0 aliphatic carbocycles. The molecule has 2 aromatic rings. The summed E-state index contributed by atoms with van der Waals surface area (Å²) in [6, 6.07) is 9.77. The summed E-state index contributed by atoms with van der Waals surface area (Å²) in [5.74, 6) is -0.421. The molecular formula is C23H28ClN5O4. The maximum atomic E-state index is 12.8. The first-order valence-corrected chi connectivity index (χ1v) is 11.4. The molecule has 9 nitrogen and oxygen atoms in total. The third-order valence-electron chi connectivity index (χ3n) is 5.25. The van der Waals surface area contributed by atoms with Gasteiger partial charge in [0.05, 0.1) is 6.61 Å². The fourth-order valence-electron chi connectivity index (χ4n) is 3.36. The molecule has 1 atom stereocenters. The molecule has 0 radical (unpaired) electrons. The standard InChI is InChI=1S/C23H28ClN5O4/c1-3-4-14-33-23(32)29-12-10-28(11-13-29)22(31)16(2)25-21(30)18-15-19(24)27-20(26-18)17-8-6-5-7-9-17/h5-9,15-16H,3-4,10-14H2,1-2H3,(H,25,30). The van der Waals surface area contributed by atoms with Gasteiger partial charge in [0.2, 0.25) is 5.91 Å². The van der Waals surface area contributed by atoms with Crippen molar-refractivity contribution in [2.24, 2.45) is 0 Å². The normalized spacial score (nSPS) is 14.5. The Morgan fingerprint density at radius 3 is 2.42 bits per heavy atom. The first-order chi connectivity index (χ1) is 15.9. The van der Waals surface area contributed by atoms with Gasteiger partial charge in [-0.3, -0.25) is 9.59 Å². The van der Waals surface area contributed by atoms with Crippen LogP contribution in [0.4, 0.5) is 4.79 Å². The van der Waals surface area contributed by atoms with E-state index in [9.17, 15) is 14.4 Å². The number of nitrogens with zero attached hydrogens (tertiary/aromatic N) is 4. The van der Waals surface area contributed by atoms with Crippen molar-refractivity contribution in [1.82, 2.24) is 25.1 Å². The summed E-state index contributed by atoms with van der Waals surface area (Å²) in [7, 11) is 0. The van der Waals surface area contributed by atoms with Gasteiger partial charge in [-0.15, -0.1) is 0 Å². The van der Waals surface area contributed by atoms with Crippen LogP contribution in [0.2, 0.25) is 5.15 Å². The van der Waals surface area contributed by atoms with Gasteiger partial charge in [-0.25, -0.2) is 14.8 Å². The molecule has 0 bridgehead atoms. The summed E-state index contributed by atoms with van der Waals surface area (Å²) in [5.41, 5.74) is 0.803. The van der Waals surface area contributed by atoms with Gasteiger partial charge in [-0.05, 0) is 13.3 Å². The first-order valence-electron chi connectivity index (χ1n) is 11.0. The Labute approximate surface area is 198 Å². The maximum Gasteiger partial charge on any atom is 0.409 e. The minimum atomic E-state index is -0.769. The Morgan fingerprint density at radius 1 is 1.09 bits per heavy atom. The second-order valence-electron chi connectivity index (χ2n) is 7.74. The predicted octanol–water partition coefficient (Wildman–Crippen LogP) is 3.00. The summed E-state index contributed by atoms with van der Waals surface area (Å²) in [6.07, 6.45) is 1.42. The average molecular weight is 474 g/mol. The largest absolute Gasteiger partial charge is 0.449 e. The van der Waals surface area contributed by atoms with Gasteiger partial charge < -0.3 is 19.9 Å². The number of amides is 3. The summed E-state index contributed by atoms with van der Waals surface area (Å²) < 4.78 is 5.22. The molecule has 1 aliphatic rings. The van der Waals surface area contributed by atoms with E-state index in [1.807, 2.05) is 37.3 Å². The van der Waals surface area contributed by atoms with Crippen LogP contribution in [0.3, 0.4) is 0 Å². The Balaban J connectivity index is 1.56. The number of aromatic nitrogens is 2. The highest BCUT2D eigenvalue weighted by Gasteiger charge is 2.28. The SMILES string of the molecule is CCCCOC(=O)N1CCN(C(=O)C(C)NC(=O)c2cc(Cl)nc(-c3ccccc3)n2)CC1. The van der Waals surface area contributed by atoms with Crippen LogP contribution in [-0.2, 0) is 9.53 Å². The van der Waals surface area contributed by atoms with E-state index in [2.05, 4.69) is 15.3 Å². The highest BCUT2D eigenvalue weighted by molar-refractivity contribution is 6.29. The van der Waals surface area contributed by atoms with E-state index in [4.69, 9.17) is 16.3 Å². The number of unbranched alkanes of at least 4 members (excludes halogenated alkanes) is 1. The van der Waals surface area contributed by atoms with Crippen molar-refractivity contribution in [2.75, 3.05) is 32.8 Å². The molecule has 1 aliphatic heterocycles. The molecule has 1 unspecified atom stereocenters. The molecule has 1 aromatic heterocycles. The topological polar surface area (TPSA) is 105 Å².